The van der Waals surface area contributed by atoms with Crippen LogP contribution in [0.2, 0.25) is 0 Å². The Morgan fingerprint density at radius 1 is 1.33 bits per heavy atom. The quantitative estimate of drug-likeness (QED) is 0.618. The van der Waals surface area contributed by atoms with Crippen LogP contribution in [0.5, 0.6) is 0 Å². The molecule has 0 spiro atoms. The van der Waals surface area contributed by atoms with Crippen molar-refractivity contribution in [3.63, 3.8) is 0 Å². The van der Waals surface area contributed by atoms with Gasteiger partial charge in [-0.1, -0.05) is 26.0 Å². The summed E-state index contributed by atoms with van der Waals surface area (Å²) in [5, 5.41) is 0. The monoisotopic (exact) mass is 290 g/mol. The van der Waals surface area contributed by atoms with Crippen molar-refractivity contribution in [3.05, 3.63) is 29.3 Å². The summed E-state index contributed by atoms with van der Waals surface area (Å²) in [5.74, 6) is -0.661. The molecule has 6 heteroatoms. The van der Waals surface area contributed by atoms with Crippen molar-refractivity contribution in [2.45, 2.75) is 31.6 Å². The number of carbonyl (C=O) groups excluding carboxylic acids is 1. The van der Waals surface area contributed by atoms with E-state index in [-0.39, 0.29) is 17.1 Å². The number of benzene rings is 1. The van der Waals surface area contributed by atoms with E-state index < -0.39 is 15.0 Å². The third-order valence-corrected chi connectivity index (χ3v) is 3.81. The second kappa shape index (κ2) is 6.20. The molecule has 4 nitrogen and oxygen atoms in total. The maximum absolute atomic E-state index is 11.8. The van der Waals surface area contributed by atoms with E-state index in [2.05, 4.69) is 0 Å². The number of hydrogen-bond acceptors (Lipinski definition) is 4. The molecule has 0 heterocycles. The number of carbonyl (C=O) groups is 1. The molecule has 0 radical (unpaired) electrons. The van der Waals surface area contributed by atoms with Crippen LogP contribution in [0.25, 0.3) is 0 Å². The van der Waals surface area contributed by atoms with E-state index in [0.29, 0.717) is 18.4 Å². The number of rotatable bonds is 5. The summed E-state index contributed by atoms with van der Waals surface area (Å²) < 4.78 is 28.1. The lowest BCUT2D eigenvalue weighted by molar-refractivity contribution is 0.0500. The summed E-state index contributed by atoms with van der Waals surface area (Å²) in [5.41, 5.74) is 0.508. The Labute approximate surface area is 111 Å². The van der Waals surface area contributed by atoms with Crippen molar-refractivity contribution < 1.29 is 17.9 Å². The molecule has 0 unspecified atom stereocenters. The Morgan fingerprint density at radius 2 is 2.00 bits per heavy atom. The topological polar surface area (TPSA) is 60.4 Å². The van der Waals surface area contributed by atoms with Gasteiger partial charge in [-0.05, 0) is 24.5 Å². The molecule has 1 rings (SSSR count). The number of halogens is 1. The highest BCUT2D eigenvalue weighted by molar-refractivity contribution is 8.13. The maximum Gasteiger partial charge on any atom is 0.339 e. The molecule has 1 aromatic carbocycles. The molecule has 0 saturated heterocycles. The van der Waals surface area contributed by atoms with E-state index in [0.717, 1.165) is 0 Å². The molecule has 0 aliphatic heterocycles. The molecule has 0 saturated carbocycles. The molecule has 0 atom stereocenters. The zero-order chi connectivity index (χ0) is 13.8. The van der Waals surface area contributed by atoms with Crippen LogP contribution in [0.1, 0.15) is 36.2 Å². The molecule has 0 amide bonds. The molecular formula is C12H15ClO4S. The molecule has 0 aliphatic carbocycles. The predicted molar refractivity (Wildman–Crippen MR) is 69.4 cm³/mol. The van der Waals surface area contributed by atoms with Gasteiger partial charge < -0.3 is 4.74 Å². The van der Waals surface area contributed by atoms with Gasteiger partial charge in [0.25, 0.3) is 9.05 Å². The number of aryl methyl sites for hydroxylation is 1. The van der Waals surface area contributed by atoms with Gasteiger partial charge in [0.1, 0.15) is 4.90 Å². The van der Waals surface area contributed by atoms with E-state index in [1.165, 1.54) is 6.07 Å². The van der Waals surface area contributed by atoms with Crippen LogP contribution in [0.3, 0.4) is 0 Å². The molecule has 0 bridgehead atoms. The van der Waals surface area contributed by atoms with Gasteiger partial charge >= 0.3 is 5.97 Å². The summed E-state index contributed by atoms with van der Waals surface area (Å²) in [7, 11) is 1.42. The average molecular weight is 291 g/mol. The first-order valence-electron chi connectivity index (χ1n) is 5.65. The van der Waals surface area contributed by atoms with Gasteiger partial charge in [-0.25, -0.2) is 13.2 Å². The lowest BCUT2D eigenvalue weighted by Crippen LogP contribution is -2.12. The highest BCUT2D eigenvalue weighted by Gasteiger charge is 2.24. The van der Waals surface area contributed by atoms with Crippen molar-refractivity contribution in [3.8, 4) is 0 Å². The standard InChI is InChI=1S/C12H15ClO4S/c1-3-8-17-12(14)10-7-5-6-9(4-2)11(10)18(13,15)16/h5-7H,3-4,8H2,1-2H3. The van der Waals surface area contributed by atoms with Gasteiger partial charge in [-0.15, -0.1) is 0 Å². The van der Waals surface area contributed by atoms with Gasteiger partial charge in [0.2, 0.25) is 0 Å². The van der Waals surface area contributed by atoms with Crippen molar-refractivity contribution in [1.82, 2.24) is 0 Å². The van der Waals surface area contributed by atoms with Gasteiger partial charge in [0, 0.05) is 10.7 Å². The van der Waals surface area contributed by atoms with Crippen LogP contribution in [-0.4, -0.2) is 21.0 Å². The lowest BCUT2D eigenvalue weighted by atomic mass is 10.1. The highest BCUT2D eigenvalue weighted by atomic mass is 35.7. The fourth-order valence-electron chi connectivity index (χ4n) is 1.58. The average Bonchev–Trinajstić information content (AvgIpc) is 2.33. The fourth-order valence-corrected chi connectivity index (χ4v) is 3.07. The summed E-state index contributed by atoms with van der Waals surface area (Å²) in [4.78, 5) is 11.7. The van der Waals surface area contributed by atoms with E-state index in [1.54, 1.807) is 19.1 Å². The number of ether oxygens (including phenoxy) is 1. The Bertz CT molecular complexity index is 537. The molecule has 0 aliphatic rings. The third-order valence-electron chi connectivity index (χ3n) is 2.38. The highest BCUT2D eigenvalue weighted by Crippen LogP contribution is 2.25. The fraction of sp³-hybridized carbons (Fsp3) is 0.417. The minimum atomic E-state index is -3.97. The Balaban J connectivity index is 3.32. The van der Waals surface area contributed by atoms with Crippen molar-refractivity contribution >= 4 is 25.7 Å². The zero-order valence-corrected chi connectivity index (χ0v) is 11.8. The SMILES string of the molecule is CCCOC(=O)c1cccc(CC)c1S(=O)(=O)Cl. The molecule has 0 aromatic heterocycles. The smallest absolute Gasteiger partial charge is 0.339 e. The first-order valence-corrected chi connectivity index (χ1v) is 7.96. The largest absolute Gasteiger partial charge is 0.462 e. The Morgan fingerprint density at radius 3 is 2.50 bits per heavy atom. The Kier molecular flexibility index (Phi) is 5.16. The lowest BCUT2D eigenvalue weighted by Gasteiger charge is -2.10. The predicted octanol–water partition coefficient (Wildman–Crippen LogP) is 2.74. The zero-order valence-electron chi connectivity index (χ0n) is 10.3. The van der Waals surface area contributed by atoms with Crippen molar-refractivity contribution in [2.75, 3.05) is 6.61 Å². The van der Waals surface area contributed by atoms with Crippen molar-refractivity contribution in [2.24, 2.45) is 0 Å². The molecule has 18 heavy (non-hydrogen) atoms. The molecule has 0 fully saturated rings. The van der Waals surface area contributed by atoms with E-state index >= 15 is 0 Å². The summed E-state index contributed by atoms with van der Waals surface area (Å²) >= 11 is 0. The Hall–Kier alpha value is -1.07. The van der Waals surface area contributed by atoms with Gasteiger partial charge in [-0.3, -0.25) is 0 Å². The number of hydrogen-bond donors (Lipinski definition) is 0. The summed E-state index contributed by atoms with van der Waals surface area (Å²) in [6.45, 7) is 3.90. The van der Waals surface area contributed by atoms with Crippen LogP contribution in [-0.2, 0) is 20.2 Å². The molecule has 0 N–H and O–H groups in total. The van der Waals surface area contributed by atoms with Crippen LogP contribution >= 0.6 is 10.7 Å². The van der Waals surface area contributed by atoms with Gasteiger partial charge in [0.05, 0.1) is 12.2 Å². The van der Waals surface area contributed by atoms with Crippen LogP contribution in [0.4, 0.5) is 0 Å². The first-order chi connectivity index (χ1) is 8.41. The third kappa shape index (κ3) is 3.46. The summed E-state index contributed by atoms with van der Waals surface area (Å²) in [6.07, 6.45) is 1.14. The summed E-state index contributed by atoms with van der Waals surface area (Å²) in [6, 6.07) is 4.66. The van der Waals surface area contributed by atoms with Crippen LogP contribution in [0, 0.1) is 0 Å². The van der Waals surface area contributed by atoms with E-state index in [9.17, 15) is 13.2 Å². The van der Waals surface area contributed by atoms with E-state index in [4.69, 9.17) is 15.4 Å². The van der Waals surface area contributed by atoms with E-state index in [1.807, 2.05) is 6.92 Å². The van der Waals surface area contributed by atoms with Gasteiger partial charge in [-0.2, -0.15) is 0 Å². The number of esters is 1. The minimum absolute atomic E-state index is 0.00204. The van der Waals surface area contributed by atoms with Crippen LogP contribution < -0.4 is 0 Å². The first kappa shape index (κ1) is 15.0. The maximum atomic E-state index is 11.8. The molecule has 1 aromatic rings. The van der Waals surface area contributed by atoms with Gasteiger partial charge in [0.15, 0.2) is 0 Å². The minimum Gasteiger partial charge on any atom is -0.462 e. The molecule has 100 valence electrons. The van der Waals surface area contributed by atoms with Crippen molar-refractivity contribution in [1.29, 1.82) is 0 Å². The van der Waals surface area contributed by atoms with Crippen LogP contribution in [0.15, 0.2) is 23.1 Å². The second-order valence-corrected chi connectivity index (χ2v) is 6.22. The normalized spacial score (nSPS) is 11.3. The second-order valence-electron chi connectivity index (χ2n) is 3.72. The molecular weight excluding hydrogens is 276 g/mol.